The molecule has 1 aromatic carbocycles. The van der Waals surface area contributed by atoms with Gasteiger partial charge < -0.3 is 10.0 Å². The zero-order chi connectivity index (χ0) is 11.5. The second-order valence-electron chi connectivity index (χ2n) is 3.82. The minimum atomic E-state index is 0.0314. The molecule has 0 amide bonds. The summed E-state index contributed by atoms with van der Waals surface area (Å²) in [6, 6.07) is 8.05. The van der Waals surface area contributed by atoms with Crippen molar-refractivity contribution in [3.05, 3.63) is 36.0 Å². The van der Waals surface area contributed by atoms with Crippen LogP contribution >= 0.6 is 0 Å². The summed E-state index contributed by atoms with van der Waals surface area (Å²) in [5.41, 5.74) is 0.879. The number of fused-ring (bicyclic) bond motifs is 1. The van der Waals surface area contributed by atoms with E-state index >= 15 is 0 Å². The van der Waals surface area contributed by atoms with Gasteiger partial charge in [-0.3, -0.25) is 0 Å². The maximum atomic E-state index is 9.27. The molecule has 1 heterocycles. The normalized spacial score (nSPS) is 10.7. The SMILES string of the molecule is CCN(C)c1ncc(CO)c2ccccc12. The van der Waals surface area contributed by atoms with E-state index in [4.69, 9.17) is 0 Å². The van der Waals surface area contributed by atoms with Crippen molar-refractivity contribution in [1.29, 1.82) is 0 Å². The maximum Gasteiger partial charge on any atom is 0.136 e. The van der Waals surface area contributed by atoms with Crippen molar-refractivity contribution in [3.63, 3.8) is 0 Å². The molecule has 0 bridgehead atoms. The van der Waals surface area contributed by atoms with Gasteiger partial charge in [0.1, 0.15) is 5.82 Å². The highest BCUT2D eigenvalue weighted by atomic mass is 16.3. The molecule has 0 aliphatic heterocycles. The summed E-state index contributed by atoms with van der Waals surface area (Å²) in [4.78, 5) is 6.52. The van der Waals surface area contributed by atoms with Gasteiger partial charge in [0.25, 0.3) is 0 Å². The largest absolute Gasteiger partial charge is 0.392 e. The lowest BCUT2D eigenvalue weighted by atomic mass is 10.1. The Morgan fingerprint density at radius 1 is 1.25 bits per heavy atom. The number of benzene rings is 1. The van der Waals surface area contributed by atoms with Crippen molar-refractivity contribution in [2.75, 3.05) is 18.5 Å². The van der Waals surface area contributed by atoms with Crippen LogP contribution in [0, 0.1) is 0 Å². The molecule has 0 spiro atoms. The highest BCUT2D eigenvalue weighted by Gasteiger charge is 2.08. The third kappa shape index (κ3) is 1.74. The molecule has 2 rings (SSSR count). The Bertz CT molecular complexity index is 496. The monoisotopic (exact) mass is 216 g/mol. The van der Waals surface area contributed by atoms with Crippen molar-refractivity contribution in [1.82, 2.24) is 4.98 Å². The molecule has 0 aliphatic carbocycles. The van der Waals surface area contributed by atoms with Gasteiger partial charge in [-0.25, -0.2) is 4.98 Å². The van der Waals surface area contributed by atoms with Gasteiger partial charge >= 0.3 is 0 Å². The molecule has 1 aromatic heterocycles. The second kappa shape index (κ2) is 4.49. The van der Waals surface area contributed by atoms with Crippen LogP contribution in [-0.4, -0.2) is 23.7 Å². The van der Waals surface area contributed by atoms with Crippen LogP contribution in [0.1, 0.15) is 12.5 Å². The summed E-state index contributed by atoms with van der Waals surface area (Å²) in [6.45, 7) is 3.04. The van der Waals surface area contributed by atoms with Crippen molar-refractivity contribution in [2.24, 2.45) is 0 Å². The fraction of sp³-hybridized carbons (Fsp3) is 0.308. The van der Waals surface area contributed by atoms with Crippen LogP contribution in [0.4, 0.5) is 5.82 Å². The number of rotatable bonds is 3. The number of hydrogen-bond donors (Lipinski definition) is 1. The molecule has 2 aromatic rings. The molecule has 3 heteroatoms. The number of aliphatic hydroxyl groups is 1. The standard InChI is InChI=1S/C13H16N2O/c1-3-15(2)13-12-7-5-4-6-11(12)10(9-16)8-14-13/h4-8,16H,3,9H2,1-2H3. The molecular formula is C13H16N2O. The van der Waals surface area contributed by atoms with E-state index < -0.39 is 0 Å². The first kappa shape index (κ1) is 10.9. The van der Waals surface area contributed by atoms with Crippen LogP contribution < -0.4 is 4.90 Å². The number of hydrogen-bond acceptors (Lipinski definition) is 3. The molecule has 0 radical (unpaired) electrons. The van der Waals surface area contributed by atoms with Crippen LogP contribution in [0.25, 0.3) is 10.8 Å². The van der Waals surface area contributed by atoms with Crippen LogP contribution in [0.5, 0.6) is 0 Å². The van der Waals surface area contributed by atoms with Gasteiger partial charge in [0.2, 0.25) is 0 Å². The van der Waals surface area contributed by atoms with Crippen molar-refractivity contribution in [3.8, 4) is 0 Å². The first-order chi connectivity index (χ1) is 7.77. The molecule has 3 nitrogen and oxygen atoms in total. The summed E-state index contributed by atoms with van der Waals surface area (Å²) >= 11 is 0. The molecule has 1 N–H and O–H groups in total. The second-order valence-corrected chi connectivity index (χ2v) is 3.82. The minimum Gasteiger partial charge on any atom is -0.392 e. The third-order valence-corrected chi connectivity index (χ3v) is 2.86. The van der Waals surface area contributed by atoms with Crippen molar-refractivity contribution >= 4 is 16.6 Å². The number of aromatic nitrogens is 1. The Morgan fingerprint density at radius 2 is 1.94 bits per heavy atom. The van der Waals surface area contributed by atoms with Gasteiger partial charge in [-0.05, 0) is 12.3 Å². The summed E-state index contributed by atoms with van der Waals surface area (Å²) < 4.78 is 0. The van der Waals surface area contributed by atoms with Gasteiger partial charge in [0, 0.05) is 30.7 Å². The average Bonchev–Trinajstić information content (AvgIpc) is 2.36. The van der Waals surface area contributed by atoms with Crippen LogP contribution in [0.3, 0.4) is 0 Å². The van der Waals surface area contributed by atoms with Gasteiger partial charge in [0.05, 0.1) is 6.61 Å². The van der Waals surface area contributed by atoms with Crippen molar-refractivity contribution < 1.29 is 5.11 Å². The first-order valence-corrected chi connectivity index (χ1v) is 5.46. The lowest BCUT2D eigenvalue weighted by Gasteiger charge is -2.18. The van der Waals surface area contributed by atoms with E-state index in [0.29, 0.717) is 0 Å². The number of anilines is 1. The molecule has 0 saturated carbocycles. The highest BCUT2D eigenvalue weighted by Crippen LogP contribution is 2.26. The Hall–Kier alpha value is -1.61. The molecule has 0 fully saturated rings. The average molecular weight is 216 g/mol. The van der Waals surface area contributed by atoms with E-state index in [-0.39, 0.29) is 6.61 Å². The topological polar surface area (TPSA) is 36.4 Å². The van der Waals surface area contributed by atoms with Gasteiger partial charge in [0.15, 0.2) is 0 Å². The van der Waals surface area contributed by atoms with Crippen molar-refractivity contribution in [2.45, 2.75) is 13.5 Å². The Labute approximate surface area is 95.3 Å². The Morgan fingerprint density at radius 3 is 2.56 bits per heavy atom. The van der Waals surface area contributed by atoms with E-state index in [2.05, 4.69) is 16.8 Å². The summed E-state index contributed by atoms with van der Waals surface area (Å²) in [7, 11) is 2.02. The lowest BCUT2D eigenvalue weighted by Crippen LogP contribution is -2.17. The molecule has 0 saturated heterocycles. The summed E-state index contributed by atoms with van der Waals surface area (Å²) in [5.74, 6) is 0.968. The number of pyridine rings is 1. The fourth-order valence-electron chi connectivity index (χ4n) is 1.82. The van der Waals surface area contributed by atoms with Crippen LogP contribution in [0.2, 0.25) is 0 Å². The van der Waals surface area contributed by atoms with E-state index in [1.165, 1.54) is 0 Å². The lowest BCUT2D eigenvalue weighted by molar-refractivity contribution is 0.283. The van der Waals surface area contributed by atoms with E-state index in [1.807, 2.05) is 31.3 Å². The van der Waals surface area contributed by atoms with Gasteiger partial charge in [-0.1, -0.05) is 24.3 Å². The molecule has 84 valence electrons. The van der Waals surface area contributed by atoms with Gasteiger partial charge in [-0.2, -0.15) is 0 Å². The van der Waals surface area contributed by atoms with E-state index in [9.17, 15) is 5.11 Å². The van der Waals surface area contributed by atoms with Crippen LogP contribution in [0.15, 0.2) is 30.5 Å². The zero-order valence-corrected chi connectivity index (χ0v) is 9.64. The van der Waals surface area contributed by atoms with Gasteiger partial charge in [-0.15, -0.1) is 0 Å². The molecule has 0 aliphatic rings. The fourth-order valence-corrected chi connectivity index (χ4v) is 1.82. The predicted octanol–water partition coefficient (Wildman–Crippen LogP) is 2.18. The highest BCUT2D eigenvalue weighted by molar-refractivity contribution is 5.94. The van der Waals surface area contributed by atoms with Crippen LogP contribution in [-0.2, 0) is 6.61 Å². The third-order valence-electron chi connectivity index (χ3n) is 2.86. The number of nitrogens with zero attached hydrogens (tertiary/aromatic N) is 2. The minimum absolute atomic E-state index is 0.0314. The predicted molar refractivity (Wildman–Crippen MR) is 66.6 cm³/mol. The zero-order valence-electron chi connectivity index (χ0n) is 9.64. The molecule has 0 unspecified atom stereocenters. The quantitative estimate of drug-likeness (QED) is 0.854. The summed E-state index contributed by atoms with van der Waals surface area (Å²) in [5, 5.41) is 11.4. The molecular weight excluding hydrogens is 200 g/mol. The molecule has 0 atom stereocenters. The van der Waals surface area contributed by atoms with E-state index in [1.54, 1.807) is 6.20 Å². The Kier molecular flexibility index (Phi) is 3.06. The smallest absolute Gasteiger partial charge is 0.136 e. The number of aliphatic hydroxyl groups excluding tert-OH is 1. The first-order valence-electron chi connectivity index (χ1n) is 5.46. The Balaban J connectivity index is 2.69. The summed E-state index contributed by atoms with van der Waals surface area (Å²) in [6.07, 6.45) is 1.75. The maximum absolute atomic E-state index is 9.27. The molecule has 16 heavy (non-hydrogen) atoms. The van der Waals surface area contributed by atoms with E-state index in [0.717, 1.165) is 28.7 Å².